The Morgan fingerprint density at radius 1 is 1.28 bits per heavy atom. The lowest BCUT2D eigenvalue weighted by atomic mass is 9.86. The van der Waals surface area contributed by atoms with E-state index in [4.69, 9.17) is 4.74 Å². The Bertz CT molecular complexity index is 457. The Kier molecular flexibility index (Phi) is 3.00. The van der Waals surface area contributed by atoms with Crippen LogP contribution in [0, 0.1) is 5.92 Å². The lowest BCUT2D eigenvalue weighted by molar-refractivity contribution is -0.165. The van der Waals surface area contributed by atoms with Crippen molar-refractivity contribution in [2.75, 3.05) is 12.0 Å². The van der Waals surface area contributed by atoms with Crippen LogP contribution < -0.4 is 9.64 Å². The summed E-state index contributed by atoms with van der Waals surface area (Å²) in [6.07, 6.45) is 0. The normalized spacial score (nSPS) is 22.0. The van der Waals surface area contributed by atoms with E-state index in [1.165, 1.54) is 7.11 Å². The van der Waals surface area contributed by atoms with E-state index in [0.717, 1.165) is 4.90 Å². The van der Waals surface area contributed by atoms with E-state index in [-0.39, 0.29) is 5.92 Å². The molecule has 1 fully saturated rings. The van der Waals surface area contributed by atoms with Crippen LogP contribution in [0.1, 0.15) is 13.8 Å². The average molecular weight is 255 g/mol. The van der Waals surface area contributed by atoms with Gasteiger partial charge in [0.25, 0.3) is 5.91 Å². The van der Waals surface area contributed by atoms with Crippen molar-refractivity contribution < 1.29 is 18.3 Å². The fraction of sp³-hybridized carbons (Fsp3) is 0.462. The van der Waals surface area contributed by atoms with Crippen LogP contribution in [0.25, 0.3) is 0 Å². The summed E-state index contributed by atoms with van der Waals surface area (Å²) < 4.78 is 32.0. The number of β-lactam (4-membered cyclic amide) rings is 1. The molecule has 18 heavy (non-hydrogen) atoms. The van der Waals surface area contributed by atoms with E-state index in [9.17, 15) is 13.6 Å². The zero-order valence-electron chi connectivity index (χ0n) is 10.5. The zero-order valence-corrected chi connectivity index (χ0v) is 10.5. The smallest absolute Gasteiger partial charge is 0.345 e. The standard InChI is InChI=1S/C13H15F2NO2/c1-8(2)11-13(14,15)12(17)16(11)9-4-6-10(18-3)7-5-9/h4-8,11H,1-3H3. The van der Waals surface area contributed by atoms with Gasteiger partial charge in [0.15, 0.2) is 0 Å². The summed E-state index contributed by atoms with van der Waals surface area (Å²) in [5.74, 6) is -4.07. The largest absolute Gasteiger partial charge is 0.497 e. The molecule has 5 heteroatoms. The highest BCUT2D eigenvalue weighted by atomic mass is 19.3. The third-order valence-corrected chi connectivity index (χ3v) is 3.14. The van der Waals surface area contributed by atoms with Crippen LogP contribution >= 0.6 is 0 Å². The molecule has 0 aliphatic carbocycles. The first-order chi connectivity index (χ1) is 8.39. The van der Waals surface area contributed by atoms with Gasteiger partial charge < -0.3 is 4.74 Å². The van der Waals surface area contributed by atoms with E-state index in [1.54, 1.807) is 38.1 Å². The van der Waals surface area contributed by atoms with Gasteiger partial charge >= 0.3 is 5.92 Å². The van der Waals surface area contributed by atoms with Gasteiger partial charge in [-0.05, 0) is 30.2 Å². The number of halogens is 2. The summed E-state index contributed by atoms with van der Waals surface area (Å²) in [6.45, 7) is 3.36. The van der Waals surface area contributed by atoms with Gasteiger partial charge in [0, 0.05) is 5.69 Å². The molecule has 0 saturated carbocycles. The molecule has 2 rings (SSSR count). The molecule has 1 amide bonds. The van der Waals surface area contributed by atoms with E-state index in [1.807, 2.05) is 0 Å². The highest BCUT2D eigenvalue weighted by Crippen LogP contribution is 2.43. The van der Waals surface area contributed by atoms with E-state index in [0.29, 0.717) is 11.4 Å². The molecule has 1 unspecified atom stereocenters. The van der Waals surface area contributed by atoms with Crippen LogP contribution in [0.15, 0.2) is 24.3 Å². The van der Waals surface area contributed by atoms with Crippen LogP contribution in [-0.2, 0) is 4.79 Å². The fourth-order valence-corrected chi connectivity index (χ4v) is 2.25. The molecular formula is C13H15F2NO2. The Morgan fingerprint density at radius 2 is 1.83 bits per heavy atom. The Hall–Kier alpha value is -1.65. The fourth-order valence-electron chi connectivity index (χ4n) is 2.25. The molecular weight excluding hydrogens is 240 g/mol. The molecule has 0 N–H and O–H groups in total. The molecule has 0 radical (unpaired) electrons. The molecule has 1 aromatic carbocycles. The maximum Gasteiger partial charge on any atom is 0.345 e. The number of methoxy groups -OCH3 is 1. The van der Waals surface area contributed by atoms with E-state index in [2.05, 4.69) is 0 Å². The van der Waals surface area contributed by atoms with Crippen molar-refractivity contribution in [3.05, 3.63) is 24.3 Å². The minimum atomic E-state index is -3.26. The topological polar surface area (TPSA) is 29.5 Å². The molecule has 0 bridgehead atoms. The molecule has 1 aliphatic heterocycles. The first kappa shape index (κ1) is 12.8. The Morgan fingerprint density at radius 3 is 2.28 bits per heavy atom. The summed E-state index contributed by atoms with van der Waals surface area (Å²) in [5, 5.41) is 0. The second kappa shape index (κ2) is 4.23. The molecule has 98 valence electrons. The first-order valence-corrected chi connectivity index (χ1v) is 5.75. The first-order valence-electron chi connectivity index (χ1n) is 5.75. The minimum Gasteiger partial charge on any atom is -0.497 e. The number of alkyl halides is 2. The van der Waals surface area contributed by atoms with Crippen molar-refractivity contribution in [3.63, 3.8) is 0 Å². The van der Waals surface area contributed by atoms with Crippen molar-refractivity contribution in [2.45, 2.75) is 25.8 Å². The third-order valence-electron chi connectivity index (χ3n) is 3.14. The Balaban J connectivity index is 2.29. The highest BCUT2D eigenvalue weighted by molar-refractivity contribution is 6.07. The number of hydrogen-bond donors (Lipinski definition) is 0. The maximum atomic E-state index is 13.5. The number of amides is 1. The van der Waals surface area contributed by atoms with Crippen molar-refractivity contribution in [3.8, 4) is 5.75 Å². The summed E-state index contributed by atoms with van der Waals surface area (Å²) in [5.41, 5.74) is 0.477. The molecule has 3 nitrogen and oxygen atoms in total. The van der Waals surface area contributed by atoms with Crippen LogP contribution in [0.2, 0.25) is 0 Å². The monoisotopic (exact) mass is 255 g/mol. The van der Waals surface area contributed by atoms with Gasteiger partial charge in [0.1, 0.15) is 11.8 Å². The lowest BCUT2D eigenvalue weighted by Gasteiger charge is -2.48. The van der Waals surface area contributed by atoms with Gasteiger partial charge in [-0.25, -0.2) is 0 Å². The summed E-state index contributed by atoms with van der Waals surface area (Å²) in [4.78, 5) is 12.7. The van der Waals surface area contributed by atoms with Crippen LogP contribution in [-0.4, -0.2) is 25.0 Å². The molecule has 1 aliphatic rings. The zero-order chi connectivity index (χ0) is 13.5. The van der Waals surface area contributed by atoms with Gasteiger partial charge in [-0.1, -0.05) is 13.8 Å². The van der Waals surface area contributed by atoms with Crippen molar-refractivity contribution in [1.82, 2.24) is 0 Å². The minimum absolute atomic E-state index is 0.306. The predicted molar refractivity (Wildman–Crippen MR) is 64.1 cm³/mol. The molecule has 0 spiro atoms. The predicted octanol–water partition coefficient (Wildman–Crippen LogP) is 2.70. The third kappa shape index (κ3) is 1.74. The second-order valence-corrected chi connectivity index (χ2v) is 4.69. The van der Waals surface area contributed by atoms with Crippen LogP contribution in [0.3, 0.4) is 0 Å². The number of carbonyl (C=O) groups is 1. The van der Waals surface area contributed by atoms with Gasteiger partial charge in [0.2, 0.25) is 0 Å². The van der Waals surface area contributed by atoms with Gasteiger partial charge in [-0.3, -0.25) is 9.69 Å². The number of rotatable bonds is 3. The SMILES string of the molecule is COc1ccc(N2C(=O)C(F)(F)C2C(C)C)cc1. The molecule has 1 saturated heterocycles. The number of hydrogen-bond acceptors (Lipinski definition) is 2. The summed E-state index contributed by atoms with van der Waals surface area (Å²) >= 11 is 0. The molecule has 0 aromatic heterocycles. The van der Waals surface area contributed by atoms with Gasteiger partial charge in [-0.2, -0.15) is 8.78 Å². The van der Waals surface area contributed by atoms with E-state index < -0.39 is 17.9 Å². The summed E-state index contributed by atoms with van der Waals surface area (Å²) in [6, 6.07) is 5.45. The quantitative estimate of drug-likeness (QED) is 0.777. The lowest BCUT2D eigenvalue weighted by Crippen LogP contribution is -2.71. The van der Waals surface area contributed by atoms with Crippen molar-refractivity contribution in [1.29, 1.82) is 0 Å². The van der Waals surface area contributed by atoms with Gasteiger partial charge in [0.05, 0.1) is 7.11 Å². The van der Waals surface area contributed by atoms with E-state index >= 15 is 0 Å². The number of carbonyl (C=O) groups excluding carboxylic acids is 1. The van der Waals surface area contributed by atoms with Crippen LogP contribution in [0.5, 0.6) is 5.75 Å². The number of anilines is 1. The van der Waals surface area contributed by atoms with Crippen LogP contribution in [0.4, 0.5) is 14.5 Å². The average Bonchev–Trinajstić information content (AvgIpc) is 2.34. The van der Waals surface area contributed by atoms with Crippen molar-refractivity contribution in [2.24, 2.45) is 5.92 Å². The number of nitrogens with zero attached hydrogens (tertiary/aromatic N) is 1. The summed E-state index contributed by atoms with van der Waals surface area (Å²) in [7, 11) is 1.52. The number of benzene rings is 1. The Labute approximate surface area is 104 Å². The maximum absolute atomic E-state index is 13.5. The molecule has 1 heterocycles. The van der Waals surface area contributed by atoms with Gasteiger partial charge in [-0.15, -0.1) is 0 Å². The molecule has 1 aromatic rings. The number of ether oxygens (including phenoxy) is 1. The molecule has 1 atom stereocenters. The van der Waals surface area contributed by atoms with Crippen molar-refractivity contribution >= 4 is 11.6 Å². The highest BCUT2D eigenvalue weighted by Gasteiger charge is 2.64. The second-order valence-electron chi connectivity index (χ2n) is 4.69.